The molecule has 0 amide bonds. The number of hydrogen-bond acceptors (Lipinski definition) is 7. The van der Waals surface area contributed by atoms with E-state index in [9.17, 15) is 14.2 Å². The smallest absolute Gasteiger partial charge is 0.142 e. The van der Waals surface area contributed by atoms with Gasteiger partial charge in [0.15, 0.2) is 0 Å². The highest BCUT2D eigenvalue weighted by atomic mass is 32.1. The van der Waals surface area contributed by atoms with Crippen molar-refractivity contribution in [3.05, 3.63) is 46.8 Å². The van der Waals surface area contributed by atoms with Gasteiger partial charge in [-0.2, -0.15) is 5.26 Å². The quantitative estimate of drug-likeness (QED) is 0.320. The Kier molecular flexibility index (Phi) is 8.45. The first-order chi connectivity index (χ1) is 17.7. The number of nitriles is 1. The van der Waals surface area contributed by atoms with Crippen LogP contribution in [0.25, 0.3) is 10.1 Å². The molecule has 2 atom stereocenters. The molecule has 1 aliphatic rings. The van der Waals surface area contributed by atoms with E-state index in [1.54, 1.807) is 26.5 Å². The highest BCUT2D eigenvalue weighted by Gasteiger charge is 2.28. The van der Waals surface area contributed by atoms with Gasteiger partial charge < -0.3 is 24.8 Å². The summed E-state index contributed by atoms with van der Waals surface area (Å²) < 4.78 is 33.5. The molecule has 2 aromatic carbocycles. The summed E-state index contributed by atoms with van der Waals surface area (Å²) >= 11 is 1.54. The molecular weight excluding hydrogens is 506 g/mol. The van der Waals surface area contributed by atoms with Gasteiger partial charge in [-0.3, -0.25) is 0 Å². The summed E-state index contributed by atoms with van der Waals surface area (Å²) in [6.07, 6.45) is 0.0523. The maximum Gasteiger partial charge on any atom is 0.142 e. The molecule has 0 aliphatic carbocycles. The minimum Gasteiger partial charge on any atom is -0.495 e. The van der Waals surface area contributed by atoms with Crippen LogP contribution in [0.1, 0.15) is 16.9 Å². The van der Waals surface area contributed by atoms with Crippen LogP contribution >= 0.6 is 18.5 Å². The Morgan fingerprint density at radius 2 is 2.08 bits per heavy atom. The van der Waals surface area contributed by atoms with E-state index in [1.807, 2.05) is 42.3 Å². The Balaban J connectivity index is 1.56. The first kappa shape index (κ1) is 27.0. The molecule has 1 aromatic heterocycles. The number of rotatable bonds is 7. The number of alkyl halides is 1. The Labute approximate surface area is 222 Å². The van der Waals surface area contributed by atoms with E-state index in [1.165, 1.54) is 11.3 Å². The van der Waals surface area contributed by atoms with Crippen LogP contribution in [0.15, 0.2) is 36.4 Å². The van der Waals surface area contributed by atoms with Crippen LogP contribution in [-0.2, 0) is 11.0 Å². The maximum absolute atomic E-state index is 14.7. The van der Waals surface area contributed by atoms with E-state index in [2.05, 4.69) is 28.5 Å². The van der Waals surface area contributed by atoms with Crippen LogP contribution in [0.3, 0.4) is 0 Å². The molecule has 0 unspecified atom stereocenters. The minimum atomic E-state index is -2.39. The summed E-state index contributed by atoms with van der Waals surface area (Å²) in [6.45, 7) is 5.11. The molecular formula is C28H32FN4O2PS. The second kappa shape index (κ2) is 11.6. The fourth-order valence-electron chi connectivity index (χ4n) is 4.48. The zero-order valence-corrected chi connectivity index (χ0v) is 23.3. The molecule has 9 heteroatoms. The molecule has 2 heterocycles. The monoisotopic (exact) mass is 538 g/mol. The SMILES string of the molecule is COc1cc(P(C)(C)=O)ccc1NCC#Cc1sc2c(N[C@@H]3CCN(C)C[C@@H]3F)cccc2c1CC#N. The van der Waals surface area contributed by atoms with Gasteiger partial charge in [0.2, 0.25) is 0 Å². The molecule has 194 valence electrons. The molecule has 6 nitrogen and oxygen atoms in total. The third-order valence-electron chi connectivity index (χ3n) is 6.54. The molecule has 37 heavy (non-hydrogen) atoms. The first-order valence-corrected chi connectivity index (χ1v) is 15.6. The van der Waals surface area contributed by atoms with Gasteiger partial charge in [0.25, 0.3) is 0 Å². The third-order valence-corrected chi connectivity index (χ3v) is 9.25. The topological polar surface area (TPSA) is 77.4 Å². The van der Waals surface area contributed by atoms with Crippen molar-refractivity contribution in [3.8, 4) is 23.7 Å². The summed E-state index contributed by atoms with van der Waals surface area (Å²) in [5.74, 6) is 7.02. The number of nitrogens with zero attached hydrogens (tertiary/aromatic N) is 2. The summed E-state index contributed by atoms with van der Waals surface area (Å²) in [7, 11) is 1.14. The van der Waals surface area contributed by atoms with Gasteiger partial charge in [-0.15, -0.1) is 11.3 Å². The van der Waals surface area contributed by atoms with Gasteiger partial charge in [-0.05, 0) is 51.1 Å². The van der Waals surface area contributed by atoms with Crippen LogP contribution in [0.4, 0.5) is 15.8 Å². The normalized spacial score (nSPS) is 18.1. The Morgan fingerprint density at radius 1 is 1.27 bits per heavy atom. The Bertz CT molecular complexity index is 1430. The molecule has 1 fully saturated rings. The van der Waals surface area contributed by atoms with E-state index in [-0.39, 0.29) is 12.5 Å². The zero-order valence-electron chi connectivity index (χ0n) is 21.6. The second-order valence-corrected chi connectivity index (χ2v) is 13.9. The number of fused-ring (bicyclic) bond motifs is 1. The molecule has 1 saturated heterocycles. The summed E-state index contributed by atoms with van der Waals surface area (Å²) in [6, 6.07) is 13.4. The van der Waals surface area contributed by atoms with Crippen molar-refractivity contribution < 1.29 is 13.7 Å². The lowest BCUT2D eigenvalue weighted by atomic mass is 10.0. The summed E-state index contributed by atoms with van der Waals surface area (Å²) in [4.78, 5) is 2.85. The van der Waals surface area contributed by atoms with Crippen LogP contribution in [0, 0.1) is 23.2 Å². The Morgan fingerprint density at radius 3 is 2.78 bits per heavy atom. The average molecular weight is 539 g/mol. The fourth-order valence-corrected chi connectivity index (χ4v) is 6.52. The van der Waals surface area contributed by atoms with Crippen LogP contribution in [-0.4, -0.2) is 64.2 Å². The highest BCUT2D eigenvalue weighted by molar-refractivity contribution is 7.70. The standard InChI is InChI=1S/C28H32FN4O2PS/c1-33-16-13-23(22(29)18-33)32-25-8-5-7-21-20(12-14-30)27(37-28(21)25)9-6-15-31-24-11-10-19(36(3,4)34)17-26(24)35-2/h5,7-8,10-11,17,22-23,31-32H,12-13,15-16,18H2,1-4H3/t22-,23+/m0/s1. The fraction of sp³-hybridized carbons (Fsp3) is 0.393. The summed E-state index contributed by atoms with van der Waals surface area (Å²) in [5.41, 5.74) is 2.56. The van der Waals surface area contributed by atoms with Crippen LogP contribution in [0.2, 0.25) is 0 Å². The van der Waals surface area contributed by atoms with Crippen molar-refractivity contribution in [1.29, 1.82) is 5.26 Å². The lowest BCUT2D eigenvalue weighted by molar-refractivity contribution is 0.149. The van der Waals surface area contributed by atoms with Crippen LogP contribution in [0.5, 0.6) is 5.75 Å². The van der Waals surface area contributed by atoms with E-state index >= 15 is 0 Å². The molecule has 4 rings (SSSR count). The van der Waals surface area contributed by atoms with Crippen molar-refractivity contribution in [2.24, 2.45) is 0 Å². The van der Waals surface area contributed by atoms with Gasteiger partial charge in [0, 0.05) is 29.3 Å². The van der Waals surface area contributed by atoms with Gasteiger partial charge in [-0.1, -0.05) is 24.0 Å². The van der Waals surface area contributed by atoms with Crippen molar-refractivity contribution in [1.82, 2.24) is 4.90 Å². The van der Waals surface area contributed by atoms with Crippen LogP contribution < -0.4 is 20.7 Å². The molecule has 0 bridgehead atoms. The second-order valence-electron chi connectivity index (χ2n) is 9.64. The number of ether oxygens (including phenoxy) is 1. The predicted molar refractivity (Wildman–Crippen MR) is 153 cm³/mol. The summed E-state index contributed by atoms with van der Waals surface area (Å²) in [5, 5.41) is 17.9. The lowest BCUT2D eigenvalue weighted by Gasteiger charge is -2.33. The van der Waals surface area contributed by atoms with Gasteiger partial charge in [0.05, 0.1) is 53.1 Å². The van der Waals surface area contributed by atoms with Gasteiger partial charge in [0.1, 0.15) is 19.1 Å². The van der Waals surface area contributed by atoms with E-state index in [4.69, 9.17) is 4.74 Å². The number of benzene rings is 2. The van der Waals surface area contributed by atoms with Gasteiger partial charge in [-0.25, -0.2) is 4.39 Å². The van der Waals surface area contributed by atoms with Crippen molar-refractivity contribution in [2.75, 3.05) is 57.8 Å². The number of nitrogens with one attached hydrogen (secondary N) is 2. The number of methoxy groups -OCH3 is 1. The maximum atomic E-state index is 14.7. The zero-order chi connectivity index (χ0) is 26.6. The predicted octanol–water partition coefficient (Wildman–Crippen LogP) is 5.14. The number of likely N-dealkylation sites (tertiary alicyclic amines) is 1. The molecule has 0 spiro atoms. The van der Waals surface area contributed by atoms with E-state index in [0.717, 1.165) is 50.2 Å². The lowest BCUT2D eigenvalue weighted by Crippen LogP contribution is -2.46. The highest BCUT2D eigenvalue weighted by Crippen LogP contribution is 2.38. The number of anilines is 2. The number of hydrogen-bond donors (Lipinski definition) is 2. The molecule has 2 N–H and O–H groups in total. The average Bonchev–Trinajstić information content (AvgIpc) is 3.21. The number of piperidine rings is 1. The first-order valence-electron chi connectivity index (χ1n) is 12.2. The number of halogens is 1. The Hall–Kier alpha value is -3.03. The van der Waals surface area contributed by atoms with Gasteiger partial charge >= 0.3 is 0 Å². The third kappa shape index (κ3) is 6.28. The van der Waals surface area contributed by atoms with Crippen molar-refractivity contribution in [3.63, 3.8) is 0 Å². The minimum absolute atomic E-state index is 0.238. The molecule has 1 aliphatic heterocycles. The van der Waals surface area contributed by atoms with E-state index < -0.39 is 13.3 Å². The number of thiophene rings is 1. The van der Waals surface area contributed by atoms with Crippen molar-refractivity contribution >= 4 is 45.2 Å². The van der Waals surface area contributed by atoms with E-state index in [0.29, 0.717) is 18.8 Å². The molecule has 0 saturated carbocycles. The molecule has 3 aromatic rings. The largest absolute Gasteiger partial charge is 0.495 e. The van der Waals surface area contributed by atoms with Crippen molar-refractivity contribution in [2.45, 2.75) is 25.1 Å². The molecule has 0 radical (unpaired) electrons.